The number of benzene rings is 3. The van der Waals surface area contributed by atoms with Gasteiger partial charge in [0.1, 0.15) is 18.2 Å². The van der Waals surface area contributed by atoms with Crippen molar-refractivity contribution < 1.29 is 51.0 Å². The summed E-state index contributed by atoms with van der Waals surface area (Å²) in [6.45, 7) is 5.69. The third-order valence-corrected chi connectivity index (χ3v) is 11.5. The number of hydrogen-bond acceptors (Lipinski definition) is 6. The summed E-state index contributed by atoms with van der Waals surface area (Å²) in [6.07, 6.45) is -0.536. The van der Waals surface area contributed by atoms with E-state index in [0.717, 1.165) is 46.7 Å². The van der Waals surface area contributed by atoms with Gasteiger partial charge in [0.2, 0.25) is 11.8 Å². The lowest BCUT2D eigenvalue weighted by atomic mass is 9.84. The Kier molecular flexibility index (Phi) is 10.1. The molecule has 3 aromatic carbocycles. The van der Waals surface area contributed by atoms with Crippen LogP contribution in [0.15, 0.2) is 66.7 Å². The summed E-state index contributed by atoms with van der Waals surface area (Å²) in [5, 5.41) is 2.96. The molecule has 6 rings (SSSR count). The number of carbonyl (C=O) groups excluding carboxylic acids is 3. The van der Waals surface area contributed by atoms with Gasteiger partial charge >= 0.3 is 13.3 Å². The van der Waals surface area contributed by atoms with E-state index in [2.05, 4.69) is 5.32 Å². The second kappa shape index (κ2) is 14.0. The molecule has 1 fully saturated rings. The number of ether oxygens (including phenoxy) is 1. The van der Waals surface area contributed by atoms with Crippen LogP contribution in [0.3, 0.4) is 0 Å². The third-order valence-electron chi connectivity index (χ3n) is 9.35. The number of morpholine rings is 1. The van der Waals surface area contributed by atoms with Crippen molar-refractivity contribution >= 4 is 46.7 Å². The molecule has 1 unspecified atom stereocenters. The van der Waals surface area contributed by atoms with Gasteiger partial charge in [-0.25, -0.2) is 8.78 Å². The molecule has 3 heterocycles. The SMILES string of the molecule is CC(C)(C)[C@H](NC(=O)c1cc2cc(C(F)(F)P(=O)(O)O)ccc2s1)C(=O)N1Cc2ccccc2C[C@H]1C(=O)N1CCOC(c2ccc(F)c(F)c2)C1. The molecule has 0 bridgehead atoms. The summed E-state index contributed by atoms with van der Waals surface area (Å²) in [5.41, 5.74) is -4.14. The van der Waals surface area contributed by atoms with E-state index in [1.165, 1.54) is 23.1 Å². The Balaban J connectivity index is 1.27. The maximum absolute atomic E-state index is 14.6. The maximum Gasteiger partial charge on any atom is 0.399 e. The second-order valence-electron chi connectivity index (χ2n) is 14.0. The lowest BCUT2D eigenvalue weighted by Gasteiger charge is -2.43. The molecule has 52 heavy (non-hydrogen) atoms. The van der Waals surface area contributed by atoms with Crippen molar-refractivity contribution in [2.45, 2.75) is 57.6 Å². The van der Waals surface area contributed by atoms with Gasteiger partial charge in [-0.05, 0) is 57.8 Å². The standard InChI is InChI=1S/C36H36F4N3O7PS/c1-35(2,3)31(41-32(44)30-17-23-14-24(9-11-29(23)52-30)36(39,40)51(47,48)49)34(46)43-18-22-7-5-4-6-20(22)16-27(43)33(45)42-12-13-50-28(19-42)21-8-10-25(37)26(38)15-21/h4-11,14-15,17,27-28,31H,12-13,16,18-19H2,1-3H3,(H,41,44)(H2,47,48,49)/t27-,28?,31+/m0/s1. The van der Waals surface area contributed by atoms with Crippen LogP contribution in [-0.2, 0) is 37.5 Å². The molecule has 1 saturated heterocycles. The van der Waals surface area contributed by atoms with Crippen LogP contribution in [0.25, 0.3) is 10.1 Å². The molecule has 0 radical (unpaired) electrons. The van der Waals surface area contributed by atoms with Crippen LogP contribution in [0.4, 0.5) is 17.6 Å². The van der Waals surface area contributed by atoms with E-state index in [1.54, 1.807) is 25.7 Å². The van der Waals surface area contributed by atoms with E-state index < -0.39 is 65.9 Å². The van der Waals surface area contributed by atoms with Crippen molar-refractivity contribution in [2.24, 2.45) is 5.41 Å². The van der Waals surface area contributed by atoms with Crippen molar-refractivity contribution in [3.8, 4) is 0 Å². The number of fused-ring (bicyclic) bond motifs is 2. The summed E-state index contributed by atoms with van der Waals surface area (Å²) in [7, 11) is -5.82. The highest BCUT2D eigenvalue weighted by Crippen LogP contribution is 2.59. The topological polar surface area (TPSA) is 136 Å². The first kappa shape index (κ1) is 37.6. The number of alkyl halides is 2. The molecule has 0 spiro atoms. The van der Waals surface area contributed by atoms with Gasteiger partial charge in [-0.1, -0.05) is 57.2 Å². The van der Waals surface area contributed by atoms with Gasteiger partial charge in [-0.15, -0.1) is 11.3 Å². The molecule has 2 aliphatic rings. The summed E-state index contributed by atoms with van der Waals surface area (Å²) >= 11 is 0.954. The van der Waals surface area contributed by atoms with E-state index >= 15 is 0 Å². The fourth-order valence-corrected chi connectivity index (χ4v) is 7.90. The normalized spacial score (nSPS) is 18.9. The molecule has 3 N–H and O–H groups in total. The van der Waals surface area contributed by atoms with Crippen LogP contribution in [0, 0.1) is 17.0 Å². The Morgan fingerprint density at radius 3 is 2.37 bits per heavy atom. The number of carbonyl (C=O) groups is 3. The fourth-order valence-electron chi connectivity index (χ4n) is 6.48. The molecule has 16 heteroatoms. The highest BCUT2D eigenvalue weighted by molar-refractivity contribution is 7.52. The Morgan fingerprint density at radius 1 is 0.981 bits per heavy atom. The number of hydrogen-bond donors (Lipinski definition) is 3. The van der Waals surface area contributed by atoms with E-state index in [-0.39, 0.29) is 48.8 Å². The monoisotopic (exact) mass is 761 g/mol. The van der Waals surface area contributed by atoms with Crippen LogP contribution in [0.1, 0.15) is 58.8 Å². The first-order chi connectivity index (χ1) is 24.3. The van der Waals surface area contributed by atoms with Gasteiger partial charge in [-0.3, -0.25) is 18.9 Å². The van der Waals surface area contributed by atoms with Crippen LogP contribution in [0.5, 0.6) is 0 Å². The summed E-state index contributed by atoms with van der Waals surface area (Å²) in [4.78, 5) is 64.0. The molecular formula is C36H36F4N3O7PS. The summed E-state index contributed by atoms with van der Waals surface area (Å²) in [5.74, 6) is -3.62. The number of nitrogens with zero attached hydrogens (tertiary/aromatic N) is 2. The average molecular weight is 762 g/mol. The van der Waals surface area contributed by atoms with Gasteiger partial charge in [0, 0.05) is 29.8 Å². The van der Waals surface area contributed by atoms with Crippen LogP contribution >= 0.6 is 18.9 Å². The van der Waals surface area contributed by atoms with Gasteiger partial charge in [0.25, 0.3) is 5.91 Å². The molecule has 276 valence electrons. The zero-order valence-electron chi connectivity index (χ0n) is 28.3. The molecule has 0 aliphatic carbocycles. The fraction of sp³-hybridized carbons (Fsp3) is 0.361. The predicted octanol–water partition coefficient (Wildman–Crippen LogP) is 6.10. The smallest absolute Gasteiger partial charge is 0.370 e. The molecule has 0 saturated carbocycles. The Morgan fingerprint density at radius 2 is 1.69 bits per heavy atom. The molecule has 3 amide bonds. The Labute approximate surface area is 300 Å². The number of thiophene rings is 1. The van der Waals surface area contributed by atoms with E-state index in [9.17, 15) is 36.5 Å². The van der Waals surface area contributed by atoms with E-state index in [1.807, 2.05) is 24.3 Å². The van der Waals surface area contributed by atoms with Gasteiger partial charge in [0.15, 0.2) is 11.6 Å². The highest BCUT2D eigenvalue weighted by atomic mass is 32.1. The number of amides is 3. The first-order valence-electron chi connectivity index (χ1n) is 16.4. The number of rotatable bonds is 7. The molecule has 4 aromatic rings. The molecule has 10 nitrogen and oxygen atoms in total. The van der Waals surface area contributed by atoms with Gasteiger partial charge in [0.05, 0.1) is 18.0 Å². The van der Waals surface area contributed by atoms with Crippen LogP contribution in [-0.4, -0.2) is 69.1 Å². The number of halogens is 4. The predicted molar refractivity (Wildman–Crippen MR) is 185 cm³/mol. The summed E-state index contributed by atoms with van der Waals surface area (Å²) < 4.78 is 74.1. The van der Waals surface area contributed by atoms with E-state index in [0.29, 0.717) is 10.3 Å². The van der Waals surface area contributed by atoms with Crippen LogP contribution < -0.4 is 5.32 Å². The largest absolute Gasteiger partial charge is 0.399 e. The van der Waals surface area contributed by atoms with Crippen molar-refractivity contribution in [1.82, 2.24) is 15.1 Å². The zero-order chi connectivity index (χ0) is 37.7. The van der Waals surface area contributed by atoms with Crippen molar-refractivity contribution in [3.05, 3.63) is 105 Å². The zero-order valence-corrected chi connectivity index (χ0v) is 30.0. The lowest BCUT2D eigenvalue weighted by Crippen LogP contribution is -2.61. The van der Waals surface area contributed by atoms with E-state index in [4.69, 9.17) is 14.5 Å². The highest BCUT2D eigenvalue weighted by Gasteiger charge is 2.50. The van der Waals surface area contributed by atoms with Crippen molar-refractivity contribution in [2.75, 3.05) is 19.7 Å². The lowest BCUT2D eigenvalue weighted by molar-refractivity contribution is -0.153. The molecular weight excluding hydrogens is 725 g/mol. The molecule has 3 atom stereocenters. The van der Waals surface area contributed by atoms with Gasteiger partial charge < -0.3 is 29.6 Å². The van der Waals surface area contributed by atoms with Crippen molar-refractivity contribution in [3.63, 3.8) is 0 Å². The molecule has 2 aliphatic heterocycles. The van der Waals surface area contributed by atoms with Gasteiger partial charge in [-0.2, -0.15) is 8.78 Å². The average Bonchev–Trinajstić information content (AvgIpc) is 3.53. The first-order valence-corrected chi connectivity index (χ1v) is 18.8. The minimum Gasteiger partial charge on any atom is -0.370 e. The second-order valence-corrected chi connectivity index (χ2v) is 16.7. The minimum absolute atomic E-state index is 0.0390. The van der Waals surface area contributed by atoms with Crippen LogP contribution in [0.2, 0.25) is 0 Å². The maximum atomic E-state index is 14.6. The quantitative estimate of drug-likeness (QED) is 0.153. The Hall–Kier alpha value is -4.14. The summed E-state index contributed by atoms with van der Waals surface area (Å²) in [6, 6.07) is 13.1. The molecule has 1 aromatic heterocycles. The number of nitrogens with one attached hydrogen (secondary N) is 1. The van der Waals surface area contributed by atoms with Crippen molar-refractivity contribution in [1.29, 1.82) is 0 Å². The third kappa shape index (κ3) is 7.38. The minimum atomic E-state index is -5.82. The Bertz CT molecular complexity index is 2100.